The fourth-order valence-electron chi connectivity index (χ4n) is 4.07. The zero-order chi connectivity index (χ0) is 17.1. The van der Waals surface area contributed by atoms with Crippen molar-refractivity contribution in [2.24, 2.45) is 17.8 Å². The van der Waals surface area contributed by atoms with Gasteiger partial charge in [0.1, 0.15) is 5.92 Å². The molecule has 2 aliphatic carbocycles. The van der Waals surface area contributed by atoms with E-state index in [4.69, 9.17) is 11.6 Å². The highest BCUT2D eigenvalue weighted by atomic mass is 35.5. The summed E-state index contributed by atoms with van der Waals surface area (Å²) < 4.78 is 0. The van der Waals surface area contributed by atoms with E-state index >= 15 is 0 Å². The van der Waals surface area contributed by atoms with E-state index in [1.807, 2.05) is 0 Å². The van der Waals surface area contributed by atoms with Crippen LogP contribution in [0, 0.1) is 38.0 Å². The van der Waals surface area contributed by atoms with E-state index in [1.165, 1.54) is 0 Å². The first-order chi connectivity index (χ1) is 11.4. The summed E-state index contributed by atoms with van der Waals surface area (Å²) in [4.78, 5) is 27.7. The van der Waals surface area contributed by atoms with Crippen LogP contribution in [0.25, 0.3) is 11.0 Å². The maximum atomic E-state index is 11.8. The van der Waals surface area contributed by atoms with Crippen LogP contribution in [0.2, 0.25) is 0 Å². The second kappa shape index (κ2) is 5.01. The van der Waals surface area contributed by atoms with Crippen molar-refractivity contribution in [3.05, 3.63) is 62.5 Å². The number of hydrogen-bond acceptors (Lipinski definition) is 5. The molecule has 9 heteroatoms. The van der Waals surface area contributed by atoms with Crippen LogP contribution in [0.5, 0.6) is 0 Å². The summed E-state index contributed by atoms with van der Waals surface area (Å²) >= 11 is 6.36. The first kappa shape index (κ1) is 15.1. The molecule has 1 aromatic heterocycles. The van der Waals surface area contributed by atoms with Gasteiger partial charge >= 0.3 is 5.00 Å². The zero-order valence-electron chi connectivity index (χ0n) is 12.3. The number of aromatic nitrogens is 2. The molecule has 0 aliphatic heterocycles. The van der Waals surface area contributed by atoms with Gasteiger partial charge in [0.25, 0.3) is 6.04 Å². The lowest BCUT2D eigenvalue weighted by atomic mass is 9.82. The summed E-state index contributed by atoms with van der Waals surface area (Å²) in [5.41, 5.74) is 1.23. The summed E-state index contributed by atoms with van der Waals surface area (Å²) in [5.74, 6) is -1.66. The third kappa shape index (κ3) is 1.89. The molecule has 8 nitrogen and oxygen atoms in total. The van der Waals surface area contributed by atoms with Crippen molar-refractivity contribution in [2.45, 2.75) is 17.5 Å². The highest BCUT2D eigenvalue weighted by molar-refractivity contribution is 6.23. The Hall–Kier alpha value is -2.48. The molecule has 1 aromatic carbocycles. The molecule has 4 rings (SSSR count). The zero-order valence-corrected chi connectivity index (χ0v) is 13.1. The molecule has 2 aliphatic rings. The lowest BCUT2D eigenvalue weighted by Crippen LogP contribution is -2.48. The predicted molar refractivity (Wildman–Crippen MR) is 85.6 cm³/mol. The first-order valence-electron chi connectivity index (χ1n) is 7.52. The van der Waals surface area contributed by atoms with Crippen LogP contribution < -0.4 is 0 Å². The number of fused-ring (bicyclic) bond motifs is 3. The summed E-state index contributed by atoms with van der Waals surface area (Å²) in [6.07, 6.45) is 3.96. The standard InChI is InChI=1S/C15H13ClN4O4/c16-15(20(23)24)9-6-5-8(7-9)12(15)13(19(21)22)14-17-10-3-1-2-4-11(10)18-14/h1-6,8-9,12-13H,7H2,(H,17,18)/t8-,9+,12-,13?,15+/m0/s1. The minimum Gasteiger partial charge on any atom is -0.336 e. The molecule has 0 amide bonds. The molecule has 2 bridgehead atoms. The lowest BCUT2D eigenvalue weighted by molar-refractivity contribution is -0.594. The number of benzene rings is 1. The number of allylic oxidation sites excluding steroid dienone is 1. The van der Waals surface area contributed by atoms with Gasteiger partial charge in [-0.2, -0.15) is 0 Å². The average molecular weight is 349 g/mol. The fourth-order valence-corrected chi connectivity index (χ4v) is 4.51. The van der Waals surface area contributed by atoms with Gasteiger partial charge in [-0.15, -0.1) is 0 Å². The fraction of sp³-hybridized carbons (Fsp3) is 0.400. The van der Waals surface area contributed by atoms with Gasteiger partial charge in [0, 0.05) is 9.85 Å². The van der Waals surface area contributed by atoms with Crippen LogP contribution in [0.1, 0.15) is 18.3 Å². The third-order valence-electron chi connectivity index (χ3n) is 5.10. The molecular weight excluding hydrogens is 336 g/mol. The minimum absolute atomic E-state index is 0.110. The Morgan fingerprint density at radius 2 is 2.04 bits per heavy atom. The molecule has 1 saturated carbocycles. The number of halogens is 1. The lowest BCUT2D eigenvalue weighted by Gasteiger charge is -2.29. The molecule has 0 saturated heterocycles. The smallest absolute Gasteiger partial charge is 0.311 e. The van der Waals surface area contributed by atoms with Crippen molar-refractivity contribution in [3.8, 4) is 0 Å². The molecule has 5 atom stereocenters. The van der Waals surface area contributed by atoms with E-state index in [9.17, 15) is 20.2 Å². The molecule has 1 fully saturated rings. The number of alkyl halides is 1. The van der Waals surface area contributed by atoms with Crippen LogP contribution in [0.4, 0.5) is 0 Å². The van der Waals surface area contributed by atoms with Gasteiger partial charge in [0.2, 0.25) is 0 Å². The number of imidazole rings is 1. The third-order valence-corrected chi connectivity index (χ3v) is 5.77. The molecule has 0 radical (unpaired) electrons. The average Bonchev–Trinajstić information content (AvgIpc) is 3.22. The first-order valence-corrected chi connectivity index (χ1v) is 7.90. The summed E-state index contributed by atoms with van der Waals surface area (Å²) in [6.45, 7) is 0. The van der Waals surface area contributed by atoms with Crippen LogP contribution in [0.3, 0.4) is 0 Å². The Bertz CT molecular complexity index is 848. The number of nitro groups is 2. The maximum Gasteiger partial charge on any atom is 0.311 e. The van der Waals surface area contributed by atoms with Gasteiger partial charge in [0.05, 0.1) is 17.0 Å². The Morgan fingerprint density at radius 3 is 2.71 bits per heavy atom. The SMILES string of the molecule is O=[N+]([O-])C(c1nc2ccccc2[nH]1)[C@@H]1[C@H]2C=C[C@H](C2)[C@@]1(Cl)[N+](=O)[O-]. The molecule has 1 N–H and O–H groups in total. The van der Waals surface area contributed by atoms with Gasteiger partial charge in [-0.25, -0.2) is 4.98 Å². The van der Waals surface area contributed by atoms with Crippen molar-refractivity contribution in [1.29, 1.82) is 0 Å². The molecule has 1 heterocycles. The quantitative estimate of drug-likeness (QED) is 0.300. The summed E-state index contributed by atoms with van der Waals surface area (Å²) in [7, 11) is 0. The number of nitrogens with one attached hydrogen (secondary N) is 1. The van der Waals surface area contributed by atoms with E-state index in [1.54, 1.807) is 36.4 Å². The summed E-state index contributed by atoms with van der Waals surface area (Å²) in [6, 6.07) is 5.69. The van der Waals surface area contributed by atoms with Crippen LogP contribution in [-0.4, -0.2) is 24.8 Å². The Kier molecular flexibility index (Phi) is 3.14. The van der Waals surface area contributed by atoms with E-state index < -0.39 is 32.7 Å². The number of hydrogen-bond donors (Lipinski definition) is 1. The van der Waals surface area contributed by atoms with Crippen molar-refractivity contribution in [3.63, 3.8) is 0 Å². The van der Waals surface area contributed by atoms with Crippen molar-refractivity contribution < 1.29 is 9.85 Å². The topological polar surface area (TPSA) is 115 Å². The molecule has 0 spiro atoms. The second-order valence-corrected chi connectivity index (χ2v) is 6.88. The molecule has 124 valence electrons. The van der Waals surface area contributed by atoms with Gasteiger partial charge in [-0.3, -0.25) is 20.2 Å². The van der Waals surface area contributed by atoms with E-state index in [2.05, 4.69) is 9.97 Å². The number of nitrogens with zero attached hydrogens (tertiary/aromatic N) is 3. The Morgan fingerprint density at radius 1 is 1.29 bits per heavy atom. The number of H-pyrrole nitrogens is 1. The van der Waals surface area contributed by atoms with Gasteiger partial charge < -0.3 is 4.98 Å². The molecule has 24 heavy (non-hydrogen) atoms. The summed E-state index contributed by atoms with van der Waals surface area (Å²) in [5, 5.41) is 23.4. The van der Waals surface area contributed by atoms with E-state index in [-0.39, 0.29) is 11.7 Å². The highest BCUT2D eigenvalue weighted by Crippen LogP contribution is 2.58. The van der Waals surface area contributed by atoms with Crippen LogP contribution in [-0.2, 0) is 0 Å². The molecule has 2 aromatic rings. The predicted octanol–water partition coefficient (Wildman–Crippen LogP) is 2.91. The van der Waals surface area contributed by atoms with Crippen LogP contribution >= 0.6 is 11.6 Å². The van der Waals surface area contributed by atoms with E-state index in [0.717, 1.165) is 0 Å². The van der Waals surface area contributed by atoms with Crippen molar-refractivity contribution >= 4 is 22.6 Å². The normalized spacial score (nSPS) is 32.3. The van der Waals surface area contributed by atoms with Crippen molar-refractivity contribution in [2.75, 3.05) is 0 Å². The number of rotatable bonds is 4. The van der Waals surface area contributed by atoms with Crippen LogP contribution in [0.15, 0.2) is 36.4 Å². The Balaban J connectivity index is 1.85. The van der Waals surface area contributed by atoms with Gasteiger partial charge in [0.15, 0.2) is 5.82 Å². The van der Waals surface area contributed by atoms with Gasteiger partial charge in [-0.05, 0) is 36.1 Å². The Labute approximate surface area is 140 Å². The monoisotopic (exact) mass is 348 g/mol. The largest absolute Gasteiger partial charge is 0.336 e. The van der Waals surface area contributed by atoms with Crippen molar-refractivity contribution in [1.82, 2.24) is 9.97 Å². The number of aromatic amines is 1. The van der Waals surface area contributed by atoms with E-state index in [0.29, 0.717) is 17.5 Å². The molecule has 1 unspecified atom stereocenters. The van der Waals surface area contributed by atoms with Gasteiger partial charge in [-0.1, -0.05) is 24.3 Å². The minimum atomic E-state index is -1.88. The highest BCUT2D eigenvalue weighted by Gasteiger charge is 2.70. The molecular formula is C15H13ClN4O4. The maximum absolute atomic E-state index is 11.8. The number of para-hydroxylation sites is 2. The second-order valence-electron chi connectivity index (χ2n) is 6.27.